The summed E-state index contributed by atoms with van der Waals surface area (Å²) < 4.78 is 0. The topological polar surface area (TPSA) is 0 Å². The third-order valence-electron chi connectivity index (χ3n) is 9.20. The molecule has 172 valence electrons. The first-order valence-corrected chi connectivity index (χ1v) is 13.0. The van der Waals surface area contributed by atoms with E-state index in [0.29, 0.717) is 0 Å². The van der Waals surface area contributed by atoms with Gasteiger partial charge in [0.05, 0.1) is 0 Å². The van der Waals surface area contributed by atoms with Crippen LogP contribution in [0, 0.1) is 0 Å². The summed E-state index contributed by atoms with van der Waals surface area (Å²) in [4.78, 5) is 0. The lowest BCUT2D eigenvalue weighted by atomic mass is 9.77. The first-order valence-electron chi connectivity index (χ1n) is 13.0. The van der Waals surface area contributed by atoms with Gasteiger partial charge in [0, 0.05) is 10.8 Å². The van der Waals surface area contributed by atoms with Crippen LogP contribution in [0.25, 0.3) is 54.6 Å². The fourth-order valence-electron chi connectivity index (χ4n) is 7.47. The summed E-state index contributed by atoms with van der Waals surface area (Å²) in [7, 11) is 0. The molecule has 0 atom stereocenters. The van der Waals surface area contributed by atoms with E-state index in [-0.39, 0.29) is 10.8 Å². The Morgan fingerprint density at radius 2 is 1.08 bits per heavy atom. The van der Waals surface area contributed by atoms with Crippen LogP contribution in [0.4, 0.5) is 0 Å². The summed E-state index contributed by atoms with van der Waals surface area (Å²) in [5.74, 6) is 0. The van der Waals surface area contributed by atoms with E-state index in [1.54, 1.807) is 0 Å². The molecule has 2 aliphatic rings. The van der Waals surface area contributed by atoms with E-state index in [9.17, 15) is 0 Å². The molecule has 0 aliphatic heterocycles. The van der Waals surface area contributed by atoms with Gasteiger partial charge in [0.2, 0.25) is 0 Å². The van der Waals surface area contributed by atoms with Crippen molar-refractivity contribution < 1.29 is 0 Å². The van der Waals surface area contributed by atoms with E-state index in [4.69, 9.17) is 0 Å². The Hall–Kier alpha value is -3.90. The van der Waals surface area contributed by atoms with Gasteiger partial charge in [-0.25, -0.2) is 0 Å². The monoisotopic (exact) mass is 460 g/mol. The second-order valence-corrected chi connectivity index (χ2v) is 11.7. The smallest absolute Gasteiger partial charge is 0.0165 e. The van der Waals surface area contributed by atoms with Crippen LogP contribution in [0.2, 0.25) is 0 Å². The van der Waals surface area contributed by atoms with Crippen LogP contribution in [0.5, 0.6) is 0 Å². The summed E-state index contributed by atoms with van der Waals surface area (Å²) in [5, 5.41) is 8.17. The van der Waals surface area contributed by atoms with Crippen molar-refractivity contribution in [2.24, 2.45) is 0 Å². The summed E-state index contributed by atoms with van der Waals surface area (Å²) >= 11 is 0. The fraction of sp³-hybridized carbons (Fsp3) is 0.167. The van der Waals surface area contributed by atoms with Crippen molar-refractivity contribution in [2.45, 2.75) is 38.5 Å². The summed E-state index contributed by atoms with van der Waals surface area (Å²) in [5.41, 5.74) is 11.4. The molecule has 2 aliphatic carbocycles. The van der Waals surface area contributed by atoms with Crippen molar-refractivity contribution >= 4 is 32.3 Å². The molecule has 36 heavy (non-hydrogen) atoms. The predicted molar refractivity (Wildman–Crippen MR) is 154 cm³/mol. The van der Waals surface area contributed by atoms with Gasteiger partial charge in [-0.2, -0.15) is 0 Å². The molecule has 0 nitrogen and oxygen atoms in total. The second kappa shape index (κ2) is 6.45. The highest BCUT2D eigenvalue weighted by molar-refractivity contribution is 6.24. The van der Waals surface area contributed by atoms with Gasteiger partial charge in [0.15, 0.2) is 0 Å². The van der Waals surface area contributed by atoms with Gasteiger partial charge in [-0.1, -0.05) is 113 Å². The molecule has 0 N–H and O–H groups in total. The van der Waals surface area contributed by atoms with Crippen LogP contribution in [0.3, 0.4) is 0 Å². The fourth-order valence-corrected chi connectivity index (χ4v) is 7.47. The molecular weight excluding hydrogens is 432 g/mol. The maximum Gasteiger partial charge on any atom is 0.0165 e. The molecule has 0 bridgehead atoms. The normalized spacial score (nSPS) is 16.2. The number of hydrogen-bond acceptors (Lipinski definition) is 0. The van der Waals surface area contributed by atoms with E-state index >= 15 is 0 Å². The zero-order valence-electron chi connectivity index (χ0n) is 21.2. The van der Waals surface area contributed by atoms with Crippen LogP contribution in [0.1, 0.15) is 49.9 Å². The maximum absolute atomic E-state index is 2.54. The van der Waals surface area contributed by atoms with Gasteiger partial charge < -0.3 is 0 Å². The Balaban J connectivity index is 1.59. The second-order valence-electron chi connectivity index (χ2n) is 11.7. The van der Waals surface area contributed by atoms with Crippen molar-refractivity contribution in [3.8, 4) is 22.3 Å². The van der Waals surface area contributed by atoms with Crippen LogP contribution in [0.15, 0.2) is 97.1 Å². The molecule has 0 aromatic heterocycles. The van der Waals surface area contributed by atoms with Crippen molar-refractivity contribution in [3.63, 3.8) is 0 Å². The number of hydrogen-bond donors (Lipinski definition) is 0. The molecule has 6 aromatic carbocycles. The zero-order chi connectivity index (χ0) is 24.4. The lowest BCUT2D eigenvalue weighted by Gasteiger charge is -2.25. The van der Waals surface area contributed by atoms with E-state index in [0.717, 1.165) is 0 Å². The van der Waals surface area contributed by atoms with Crippen molar-refractivity contribution in [3.05, 3.63) is 119 Å². The largest absolute Gasteiger partial charge is 0.0619 e. The molecule has 6 aromatic rings. The van der Waals surface area contributed by atoms with Crippen molar-refractivity contribution in [1.82, 2.24) is 0 Å². The van der Waals surface area contributed by atoms with E-state index in [1.807, 2.05) is 0 Å². The van der Waals surface area contributed by atoms with Crippen molar-refractivity contribution in [2.75, 3.05) is 0 Å². The number of rotatable bonds is 0. The van der Waals surface area contributed by atoms with Gasteiger partial charge in [0.1, 0.15) is 0 Å². The first kappa shape index (κ1) is 20.3. The number of benzene rings is 6. The zero-order valence-corrected chi connectivity index (χ0v) is 21.2. The Bertz CT molecular complexity index is 1930. The average Bonchev–Trinajstić information content (AvgIpc) is 3.27. The molecule has 8 rings (SSSR count). The Labute approximate surface area is 212 Å². The molecule has 0 saturated heterocycles. The Morgan fingerprint density at radius 3 is 1.92 bits per heavy atom. The third kappa shape index (κ3) is 2.26. The molecule has 0 heteroatoms. The molecule has 0 unspecified atom stereocenters. The van der Waals surface area contributed by atoms with Gasteiger partial charge in [-0.15, -0.1) is 0 Å². The molecule has 0 radical (unpaired) electrons. The Morgan fingerprint density at radius 1 is 0.444 bits per heavy atom. The van der Waals surface area contributed by atoms with E-state index in [1.165, 1.54) is 76.8 Å². The Kier molecular flexibility index (Phi) is 3.64. The van der Waals surface area contributed by atoms with Gasteiger partial charge >= 0.3 is 0 Å². The molecule has 0 saturated carbocycles. The van der Waals surface area contributed by atoms with Gasteiger partial charge in [0.25, 0.3) is 0 Å². The predicted octanol–water partition coefficient (Wildman–Crippen LogP) is 9.76. The van der Waals surface area contributed by atoms with Gasteiger partial charge in [-0.3, -0.25) is 0 Å². The summed E-state index contributed by atoms with van der Waals surface area (Å²) in [6.07, 6.45) is 0. The standard InChI is InChI=1S/C36H28/c1-35(2)29-16-10-9-14-24(29)27-19-31-28(20-30(27)35)33-25-15-8-7-13-23(25)26-18-17-21-11-5-6-12-22(21)32(26)34(33)36(31,3)4/h5-20H,1-4H3. The van der Waals surface area contributed by atoms with Crippen LogP contribution in [-0.2, 0) is 10.8 Å². The molecule has 0 fully saturated rings. The first-order chi connectivity index (χ1) is 17.4. The van der Waals surface area contributed by atoms with Crippen LogP contribution >= 0.6 is 0 Å². The lowest BCUT2D eigenvalue weighted by Crippen LogP contribution is -2.17. The minimum Gasteiger partial charge on any atom is -0.0619 e. The van der Waals surface area contributed by atoms with E-state index < -0.39 is 0 Å². The quantitative estimate of drug-likeness (QED) is 0.198. The minimum atomic E-state index is -0.103. The lowest BCUT2D eigenvalue weighted by molar-refractivity contribution is 0.654. The summed E-state index contributed by atoms with van der Waals surface area (Å²) in [6.45, 7) is 9.65. The van der Waals surface area contributed by atoms with Crippen LogP contribution in [-0.4, -0.2) is 0 Å². The SMILES string of the molecule is CC1(C)c2ccccc2-c2cc3c(cc21)-c1c(c2c4ccccc4ccc2c2ccccc12)C3(C)C. The molecule has 0 spiro atoms. The number of fused-ring (bicyclic) bond motifs is 13. The highest BCUT2D eigenvalue weighted by Gasteiger charge is 2.43. The van der Waals surface area contributed by atoms with Crippen molar-refractivity contribution in [1.29, 1.82) is 0 Å². The average molecular weight is 461 g/mol. The van der Waals surface area contributed by atoms with Gasteiger partial charge in [-0.05, 0) is 89.0 Å². The third-order valence-corrected chi connectivity index (χ3v) is 9.20. The summed E-state index contributed by atoms with van der Waals surface area (Å²) in [6, 6.07) is 36.6. The highest BCUT2D eigenvalue weighted by Crippen LogP contribution is 2.59. The van der Waals surface area contributed by atoms with Crippen LogP contribution < -0.4 is 0 Å². The molecule has 0 heterocycles. The molecular formula is C36H28. The molecule has 0 amide bonds. The highest BCUT2D eigenvalue weighted by atomic mass is 14.5. The maximum atomic E-state index is 2.54. The minimum absolute atomic E-state index is 0.00674. The van der Waals surface area contributed by atoms with E-state index in [2.05, 4.69) is 125 Å².